The number of nitrogens with one attached hydrogen (secondary N) is 1. The molecule has 7 heteroatoms. The van der Waals surface area contributed by atoms with Gasteiger partial charge < -0.3 is 15.8 Å². The van der Waals surface area contributed by atoms with E-state index in [2.05, 4.69) is 5.32 Å². The first kappa shape index (κ1) is 17.9. The third-order valence-corrected chi connectivity index (χ3v) is 2.96. The summed E-state index contributed by atoms with van der Waals surface area (Å²) in [4.78, 5) is 22.2. The second-order valence-electron chi connectivity index (χ2n) is 6.18. The molecule has 1 rings (SSSR count). The van der Waals surface area contributed by atoms with Gasteiger partial charge in [-0.25, -0.2) is 4.79 Å². The van der Waals surface area contributed by atoms with Crippen molar-refractivity contribution in [2.45, 2.75) is 45.8 Å². The molecule has 3 N–H and O–H groups in total. The quantitative estimate of drug-likeness (QED) is 0.641. The number of nitro benzene ring substituents is 1. The van der Waals surface area contributed by atoms with Gasteiger partial charge in [-0.15, -0.1) is 0 Å². The number of carbonyl (C=O) groups excluding carboxylic acids is 1. The SMILES string of the molecule is Cc1cccc([N+](=O)[O-])c1CC(N)CNC(=O)OC(C)(C)C. The van der Waals surface area contributed by atoms with Crippen LogP contribution in [0.5, 0.6) is 0 Å². The Morgan fingerprint density at radius 2 is 2.09 bits per heavy atom. The van der Waals surface area contributed by atoms with Crippen LogP contribution in [0.25, 0.3) is 0 Å². The Bertz CT molecular complexity index is 552. The van der Waals surface area contributed by atoms with Crippen LogP contribution in [0.15, 0.2) is 18.2 Å². The highest BCUT2D eigenvalue weighted by molar-refractivity contribution is 5.67. The largest absolute Gasteiger partial charge is 0.444 e. The van der Waals surface area contributed by atoms with E-state index in [1.807, 2.05) is 0 Å². The summed E-state index contributed by atoms with van der Waals surface area (Å²) in [5.74, 6) is 0. The van der Waals surface area contributed by atoms with Crippen molar-refractivity contribution in [3.63, 3.8) is 0 Å². The molecule has 0 spiro atoms. The summed E-state index contributed by atoms with van der Waals surface area (Å²) in [6, 6.07) is 4.46. The lowest BCUT2D eigenvalue weighted by Gasteiger charge is -2.21. The fourth-order valence-corrected chi connectivity index (χ4v) is 1.99. The molecule has 122 valence electrons. The highest BCUT2D eigenvalue weighted by Crippen LogP contribution is 2.22. The van der Waals surface area contributed by atoms with Gasteiger partial charge in [0, 0.05) is 24.2 Å². The molecule has 0 aliphatic carbocycles. The first-order valence-electron chi connectivity index (χ1n) is 7.05. The van der Waals surface area contributed by atoms with E-state index in [-0.39, 0.29) is 12.2 Å². The molecular formula is C15H23N3O4. The summed E-state index contributed by atoms with van der Waals surface area (Å²) in [5.41, 5.74) is 6.83. The van der Waals surface area contributed by atoms with Gasteiger partial charge in [-0.1, -0.05) is 12.1 Å². The maximum atomic E-state index is 11.6. The van der Waals surface area contributed by atoms with Crippen molar-refractivity contribution in [1.82, 2.24) is 5.32 Å². The molecule has 0 radical (unpaired) electrons. The number of carbonyl (C=O) groups is 1. The Kier molecular flexibility index (Phi) is 5.87. The number of alkyl carbamates (subject to hydrolysis) is 1. The second-order valence-corrected chi connectivity index (χ2v) is 6.18. The summed E-state index contributed by atoms with van der Waals surface area (Å²) < 4.78 is 5.11. The van der Waals surface area contributed by atoms with Crippen molar-refractivity contribution < 1.29 is 14.5 Å². The summed E-state index contributed by atoms with van der Waals surface area (Å²) in [6.45, 7) is 7.28. The fraction of sp³-hybridized carbons (Fsp3) is 0.533. The van der Waals surface area contributed by atoms with E-state index in [4.69, 9.17) is 10.5 Å². The molecule has 1 amide bonds. The van der Waals surface area contributed by atoms with Crippen LogP contribution in [0.4, 0.5) is 10.5 Å². The van der Waals surface area contributed by atoms with Crippen LogP contribution in [-0.2, 0) is 11.2 Å². The first-order chi connectivity index (χ1) is 10.1. The zero-order chi connectivity index (χ0) is 16.9. The Morgan fingerprint density at radius 1 is 1.45 bits per heavy atom. The Morgan fingerprint density at radius 3 is 2.64 bits per heavy atom. The maximum absolute atomic E-state index is 11.6. The van der Waals surface area contributed by atoms with Crippen LogP contribution in [0.3, 0.4) is 0 Å². The minimum absolute atomic E-state index is 0.0488. The highest BCUT2D eigenvalue weighted by atomic mass is 16.6. The van der Waals surface area contributed by atoms with E-state index in [9.17, 15) is 14.9 Å². The first-order valence-corrected chi connectivity index (χ1v) is 7.05. The molecule has 0 saturated heterocycles. The minimum Gasteiger partial charge on any atom is -0.444 e. The summed E-state index contributed by atoms with van der Waals surface area (Å²) >= 11 is 0. The number of nitrogens with two attached hydrogens (primary N) is 1. The van der Waals surface area contributed by atoms with Crippen molar-refractivity contribution in [2.24, 2.45) is 5.73 Å². The van der Waals surface area contributed by atoms with E-state index in [1.165, 1.54) is 6.07 Å². The van der Waals surface area contributed by atoms with Crippen LogP contribution in [0.2, 0.25) is 0 Å². The van der Waals surface area contributed by atoms with Crippen LogP contribution in [-0.4, -0.2) is 29.2 Å². The molecule has 1 unspecified atom stereocenters. The predicted octanol–water partition coefficient (Wildman–Crippen LogP) is 2.30. The van der Waals surface area contributed by atoms with Crippen molar-refractivity contribution in [3.05, 3.63) is 39.4 Å². The molecule has 7 nitrogen and oxygen atoms in total. The lowest BCUT2D eigenvalue weighted by Crippen LogP contribution is -2.41. The van der Waals surface area contributed by atoms with Gasteiger partial charge in [0.25, 0.3) is 5.69 Å². The molecule has 0 saturated carbocycles. The number of hydrogen-bond acceptors (Lipinski definition) is 5. The van der Waals surface area contributed by atoms with Crippen molar-refractivity contribution in [2.75, 3.05) is 6.54 Å². The molecule has 0 aliphatic rings. The van der Waals surface area contributed by atoms with Gasteiger partial charge in [0.1, 0.15) is 5.60 Å². The number of ether oxygens (including phenoxy) is 1. The monoisotopic (exact) mass is 309 g/mol. The Hall–Kier alpha value is -2.15. The van der Waals surface area contributed by atoms with Crippen LogP contribution >= 0.6 is 0 Å². The molecule has 1 aromatic carbocycles. The summed E-state index contributed by atoms with van der Waals surface area (Å²) in [5, 5.41) is 13.6. The van der Waals surface area contributed by atoms with Gasteiger partial charge in [-0.05, 0) is 39.7 Å². The molecule has 0 aliphatic heterocycles. The molecule has 0 bridgehead atoms. The number of nitrogens with zero attached hydrogens (tertiary/aromatic N) is 1. The number of hydrogen-bond donors (Lipinski definition) is 2. The molecule has 0 aromatic heterocycles. The average molecular weight is 309 g/mol. The smallest absolute Gasteiger partial charge is 0.407 e. The third-order valence-electron chi connectivity index (χ3n) is 2.96. The molecule has 0 heterocycles. The van der Waals surface area contributed by atoms with Crippen LogP contribution in [0.1, 0.15) is 31.9 Å². The molecule has 0 fully saturated rings. The average Bonchev–Trinajstić information content (AvgIpc) is 2.36. The van der Waals surface area contributed by atoms with Crippen LogP contribution < -0.4 is 11.1 Å². The van der Waals surface area contributed by atoms with Gasteiger partial charge in [0.05, 0.1) is 4.92 Å². The van der Waals surface area contributed by atoms with Crippen molar-refractivity contribution >= 4 is 11.8 Å². The van der Waals surface area contributed by atoms with Gasteiger partial charge in [-0.3, -0.25) is 10.1 Å². The minimum atomic E-state index is -0.580. The molecule has 22 heavy (non-hydrogen) atoms. The van der Waals surface area contributed by atoms with Crippen molar-refractivity contribution in [3.8, 4) is 0 Å². The number of rotatable bonds is 5. The van der Waals surface area contributed by atoms with Gasteiger partial charge >= 0.3 is 6.09 Å². The number of aryl methyl sites for hydroxylation is 1. The molecule has 1 aromatic rings. The zero-order valence-corrected chi connectivity index (χ0v) is 13.4. The number of amides is 1. The third kappa shape index (κ3) is 5.69. The Labute approximate surface area is 130 Å². The second kappa shape index (κ2) is 7.22. The lowest BCUT2D eigenvalue weighted by molar-refractivity contribution is -0.385. The number of nitro groups is 1. The van der Waals surface area contributed by atoms with Crippen LogP contribution in [0, 0.1) is 17.0 Å². The summed E-state index contributed by atoms with van der Waals surface area (Å²) in [7, 11) is 0. The number of benzene rings is 1. The van der Waals surface area contributed by atoms with Gasteiger partial charge in [-0.2, -0.15) is 0 Å². The summed E-state index contributed by atoms with van der Waals surface area (Å²) in [6.07, 6.45) is -0.249. The van der Waals surface area contributed by atoms with Gasteiger partial charge in [0.15, 0.2) is 0 Å². The van der Waals surface area contributed by atoms with E-state index in [1.54, 1.807) is 39.8 Å². The van der Waals surface area contributed by atoms with E-state index in [0.717, 1.165) is 5.56 Å². The Balaban J connectivity index is 2.65. The lowest BCUT2D eigenvalue weighted by atomic mass is 9.99. The normalized spacial score (nSPS) is 12.6. The molecular weight excluding hydrogens is 286 g/mol. The zero-order valence-electron chi connectivity index (χ0n) is 13.4. The van der Waals surface area contributed by atoms with E-state index < -0.39 is 22.7 Å². The van der Waals surface area contributed by atoms with E-state index in [0.29, 0.717) is 12.0 Å². The highest BCUT2D eigenvalue weighted by Gasteiger charge is 2.20. The van der Waals surface area contributed by atoms with Crippen molar-refractivity contribution in [1.29, 1.82) is 0 Å². The topological polar surface area (TPSA) is 107 Å². The molecule has 1 atom stereocenters. The standard InChI is InChI=1S/C15H23N3O4/c1-10-6-5-7-13(18(20)21)12(10)8-11(16)9-17-14(19)22-15(2,3)4/h5-7,11H,8-9,16H2,1-4H3,(H,17,19). The maximum Gasteiger partial charge on any atom is 0.407 e. The van der Waals surface area contributed by atoms with E-state index >= 15 is 0 Å². The fourth-order valence-electron chi connectivity index (χ4n) is 1.99. The van der Waals surface area contributed by atoms with Gasteiger partial charge in [0.2, 0.25) is 0 Å². The predicted molar refractivity (Wildman–Crippen MR) is 83.7 cm³/mol.